The van der Waals surface area contributed by atoms with Crippen molar-refractivity contribution in [2.45, 2.75) is 6.92 Å². The summed E-state index contributed by atoms with van der Waals surface area (Å²) >= 11 is 0. The molecule has 0 unspecified atom stereocenters. The SMILES string of the molecule is CCNc1nccnc1C(=O)O. The molecule has 0 saturated heterocycles. The van der Waals surface area contributed by atoms with E-state index in [0.717, 1.165) is 0 Å². The van der Waals surface area contributed by atoms with Crippen molar-refractivity contribution in [3.8, 4) is 0 Å². The lowest BCUT2D eigenvalue weighted by atomic mass is 10.4. The van der Waals surface area contributed by atoms with E-state index in [2.05, 4.69) is 15.3 Å². The van der Waals surface area contributed by atoms with Gasteiger partial charge < -0.3 is 10.4 Å². The largest absolute Gasteiger partial charge is 0.476 e. The fourth-order valence-corrected chi connectivity index (χ4v) is 0.791. The van der Waals surface area contributed by atoms with E-state index in [4.69, 9.17) is 5.11 Å². The monoisotopic (exact) mass is 167 g/mol. The van der Waals surface area contributed by atoms with Crippen LogP contribution in [0.3, 0.4) is 0 Å². The number of anilines is 1. The molecule has 1 rings (SSSR count). The molecule has 0 aromatic carbocycles. The molecule has 1 heterocycles. The standard InChI is InChI=1S/C7H9N3O2/c1-2-8-6-5(7(11)12)9-3-4-10-6/h3-4H,2H2,1H3,(H,8,10)(H,11,12). The molecule has 0 amide bonds. The summed E-state index contributed by atoms with van der Waals surface area (Å²) in [6.45, 7) is 2.49. The van der Waals surface area contributed by atoms with Crippen LogP contribution in [0.2, 0.25) is 0 Å². The molecule has 0 saturated carbocycles. The molecule has 0 aliphatic carbocycles. The van der Waals surface area contributed by atoms with Gasteiger partial charge in [-0.3, -0.25) is 0 Å². The smallest absolute Gasteiger partial charge is 0.358 e. The van der Waals surface area contributed by atoms with Gasteiger partial charge in [-0.15, -0.1) is 0 Å². The van der Waals surface area contributed by atoms with Crippen LogP contribution in [0.5, 0.6) is 0 Å². The molecular weight excluding hydrogens is 158 g/mol. The minimum atomic E-state index is -1.07. The summed E-state index contributed by atoms with van der Waals surface area (Å²) < 4.78 is 0. The van der Waals surface area contributed by atoms with Gasteiger partial charge in [0, 0.05) is 18.9 Å². The molecule has 0 spiro atoms. The number of hydrogen-bond donors (Lipinski definition) is 2. The van der Waals surface area contributed by atoms with Gasteiger partial charge in [0.1, 0.15) is 0 Å². The van der Waals surface area contributed by atoms with E-state index >= 15 is 0 Å². The molecule has 1 aromatic heterocycles. The number of nitrogens with zero attached hydrogens (tertiary/aromatic N) is 2. The zero-order chi connectivity index (χ0) is 8.97. The van der Waals surface area contributed by atoms with Gasteiger partial charge in [0.15, 0.2) is 11.5 Å². The van der Waals surface area contributed by atoms with Gasteiger partial charge in [0.25, 0.3) is 0 Å². The van der Waals surface area contributed by atoms with Crippen molar-refractivity contribution in [2.24, 2.45) is 0 Å². The lowest BCUT2D eigenvalue weighted by Gasteiger charge is -2.03. The van der Waals surface area contributed by atoms with E-state index in [1.807, 2.05) is 6.92 Å². The van der Waals surface area contributed by atoms with E-state index < -0.39 is 5.97 Å². The van der Waals surface area contributed by atoms with E-state index in [1.54, 1.807) is 0 Å². The molecule has 0 bridgehead atoms. The number of nitrogens with one attached hydrogen (secondary N) is 1. The number of rotatable bonds is 3. The average molecular weight is 167 g/mol. The second kappa shape index (κ2) is 3.66. The highest BCUT2D eigenvalue weighted by Gasteiger charge is 2.10. The first-order valence-corrected chi connectivity index (χ1v) is 3.54. The summed E-state index contributed by atoms with van der Waals surface area (Å²) in [5.74, 6) is -0.758. The number of aromatic carboxylic acids is 1. The molecule has 0 fully saturated rings. The molecule has 12 heavy (non-hydrogen) atoms. The van der Waals surface area contributed by atoms with Gasteiger partial charge in [-0.05, 0) is 6.92 Å². The molecule has 64 valence electrons. The highest BCUT2D eigenvalue weighted by molar-refractivity contribution is 5.90. The fraction of sp³-hybridized carbons (Fsp3) is 0.286. The molecule has 0 radical (unpaired) electrons. The van der Waals surface area contributed by atoms with Gasteiger partial charge in [-0.2, -0.15) is 0 Å². The highest BCUT2D eigenvalue weighted by Crippen LogP contribution is 2.06. The maximum absolute atomic E-state index is 10.6. The third kappa shape index (κ3) is 1.69. The van der Waals surface area contributed by atoms with Crippen LogP contribution in [-0.4, -0.2) is 27.6 Å². The van der Waals surface area contributed by atoms with Crippen molar-refractivity contribution < 1.29 is 9.90 Å². The zero-order valence-electron chi connectivity index (χ0n) is 6.61. The molecule has 2 N–H and O–H groups in total. The summed E-state index contributed by atoms with van der Waals surface area (Å²) in [5.41, 5.74) is -0.0423. The lowest BCUT2D eigenvalue weighted by Crippen LogP contribution is -2.09. The van der Waals surface area contributed by atoms with E-state index in [1.165, 1.54) is 12.4 Å². The van der Waals surface area contributed by atoms with Crippen molar-refractivity contribution in [3.05, 3.63) is 18.1 Å². The number of carboxylic acid groups (broad SMARTS) is 1. The Morgan fingerprint density at radius 2 is 2.25 bits per heavy atom. The van der Waals surface area contributed by atoms with Crippen LogP contribution in [-0.2, 0) is 0 Å². The van der Waals surface area contributed by atoms with Gasteiger partial charge in [0.2, 0.25) is 0 Å². The van der Waals surface area contributed by atoms with Crippen molar-refractivity contribution in [2.75, 3.05) is 11.9 Å². The van der Waals surface area contributed by atoms with Crippen LogP contribution in [0.15, 0.2) is 12.4 Å². The molecule has 0 aliphatic rings. The van der Waals surface area contributed by atoms with Gasteiger partial charge in [0.05, 0.1) is 0 Å². The summed E-state index contributed by atoms with van der Waals surface area (Å²) in [6, 6.07) is 0. The molecule has 0 aliphatic heterocycles. The minimum absolute atomic E-state index is 0.0423. The number of carboxylic acids is 1. The lowest BCUT2D eigenvalue weighted by molar-refractivity contribution is 0.0691. The van der Waals surface area contributed by atoms with Gasteiger partial charge in [-0.1, -0.05) is 0 Å². The molecule has 1 aromatic rings. The zero-order valence-corrected chi connectivity index (χ0v) is 6.61. The second-order valence-electron chi connectivity index (χ2n) is 2.09. The van der Waals surface area contributed by atoms with Crippen molar-refractivity contribution in [1.82, 2.24) is 9.97 Å². The Morgan fingerprint density at radius 1 is 1.58 bits per heavy atom. The van der Waals surface area contributed by atoms with Crippen molar-refractivity contribution in [1.29, 1.82) is 0 Å². The summed E-state index contributed by atoms with van der Waals surface area (Å²) in [7, 11) is 0. The predicted octanol–water partition coefficient (Wildman–Crippen LogP) is 0.607. The van der Waals surface area contributed by atoms with Gasteiger partial charge in [-0.25, -0.2) is 14.8 Å². The number of carbonyl (C=O) groups is 1. The van der Waals surface area contributed by atoms with Crippen LogP contribution in [0.1, 0.15) is 17.4 Å². The van der Waals surface area contributed by atoms with Crippen LogP contribution in [0, 0.1) is 0 Å². The van der Waals surface area contributed by atoms with Crippen LogP contribution in [0.4, 0.5) is 5.82 Å². The minimum Gasteiger partial charge on any atom is -0.476 e. The Kier molecular flexibility index (Phi) is 2.57. The van der Waals surface area contributed by atoms with Crippen molar-refractivity contribution >= 4 is 11.8 Å². The molecule has 5 nitrogen and oxygen atoms in total. The van der Waals surface area contributed by atoms with E-state index in [0.29, 0.717) is 12.4 Å². The van der Waals surface area contributed by atoms with Gasteiger partial charge >= 0.3 is 5.97 Å². The van der Waals surface area contributed by atoms with E-state index in [-0.39, 0.29) is 5.69 Å². The summed E-state index contributed by atoms with van der Waals surface area (Å²) in [4.78, 5) is 18.1. The third-order valence-corrected chi connectivity index (χ3v) is 1.25. The Hall–Kier alpha value is -1.65. The Bertz CT molecular complexity index is 288. The Labute approximate surface area is 69.5 Å². The van der Waals surface area contributed by atoms with E-state index in [9.17, 15) is 4.79 Å². The quantitative estimate of drug-likeness (QED) is 0.689. The first-order valence-electron chi connectivity index (χ1n) is 3.54. The maximum atomic E-state index is 10.6. The van der Waals surface area contributed by atoms with Crippen molar-refractivity contribution in [3.63, 3.8) is 0 Å². The molecule has 5 heteroatoms. The average Bonchev–Trinajstić information content (AvgIpc) is 2.05. The normalized spacial score (nSPS) is 9.42. The van der Waals surface area contributed by atoms with Crippen LogP contribution >= 0.6 is 0 Å². The Balaban J connectivity index is 3.00. The first-order chi connectivity index (χ1) is 5.75. The summed E-state index contributed by atoms with van der Waals surface area (Å²) in [5, 5.41) is 11.5. The number of aromatic nitrogens is 2. The van der Waals surface area contributed by atoms with Crippen LogP contribution < -0.4 is 5.32 Å². The second-order valence-corrected chi connectivity index (χ2v) is 2.09. The Morgan fingerprint density at radius 3 is 2.83 bits per heavy atom. The number of hydrogen-bond acceptors (Lipinski definition) is 4. The van der Waals surface area contributed by atoms with Crippen LogP contribution in [0.25, 0.3) is 0 Å². The molecule has 0 atom stereocenters. The third-order valence-electron chi connectivity index (χ3n) is 1.25. The summed E-state index contributed by atoms with van der Waals surface area (Å²) in [6.07, 6.45) is 2.80. The highest BCUT2D eigenvalue weighted by atomic mass is 16.4. The molecular formula is C7H9N3O2. The topological polar surface area (TPSA) is 75.1 Å². The predicted molar refractivity (Wildman–Crippen MR) is 43.2 cm³/mol. The maximum Gasteiger partial charge on any atom is 0.358 e. The fourth-order valence-electron chi connectivity index (χ4n) is 0.791. The first kappa shape index (κ1) is 8.45.